The number of anilines is 3. The van der Waals surface area contributed by atoms with Crippen LogP contribution >= 0.6 is 11.6 Å². The number of hydrogen-bond donors (Lipinski definition) is 0. The van der Waals surface area contributed by atoms with Crippen molar-refractivity contribution in [2.24, 2.45) is 0 Å². The number of fused-ring (bicyclic) bond motifs is 12. The SMILES string of the molecule is Clc1cccc2c1oc1cccc(C3(c4ccccc4)c4ccccc4-c4ccccc43)c12.c1ccc(N(c2ccccc2)c2cccc3c2oc2cccc(C4(c5ccccc5)c5ccccc5-c5ccccc54)c23)cc1. The third-order valence-electron chi connectivity index (χ3n) is 16.4. The Morgan fingerprint density at radius 2 is 0.615 bits per heavy atom. The molecule has 0 bridgehead atoms. The predicted octanol–water partition coefficient (Wildman–Crippen LogP) is 20.0. The first-order chi connectivity index (χ1) is 38.7. The zero-order chi connectivity index (χ0) is 51.8. The summed E-state index contributed by atoms with van der Waals surface area (Å²) in [5.74, 6) is 0. The van der Waals surface area contributed by atoms with Gasteiger partial charge in [-0.3, -0.25) is 0 Å². The quantitative estimate of drug-likeness (QED) is 0.159. The van der Waals surface area contributed by atoms with Crippen LogP contribution in [0.2, 0.25) is 5.02 Å². The summed E-state index contributed by atoms with van der Waals surface area (Å²) in [5.41, 5.74) is 20.8. The minimum Gasteiger partial charge on any atom is -0.454 e. The summed E-state index contributed by atoms with van der Waals surface area (Å²) in [4.78, 5) is 2.29. The van der Waals surface area contributed by atoms with E-state index in [2.05, 4.69) is 278 Å². The first-order valence-electron chi connectivity index (χ1n) is 26.6. The largest absolute Gasteiger partial charge is 0.454 e. The Hall–Kier alpha value is -9.67. The first kappa shape index (κ1) is 45.7. The van der Waals surface area contributed by atoms with Crippen molar-refractivity contribution in [3.05, 3.63) is 341 Å². The van der Waals surface area contributed by atoms with Crippen molar-refractivity contribution in [2.45, 2.75) is 10.8 Å². The zero-order valence-electron chi connectivity index (χ0n) is 42.4. The lowest BCUT2D eigenvalue weighted by molar-refractivity contribution is 0.667. The monoisotopic (exact) mass is 1020 g/mol. The molecular weight excluding hydrogens is 970 g/mol. The highest BCUT2D eigenvalue weighted by Crippen LogP contribution is 2.60. The number of para-hydroxylation sites is 4. The molecule has 0 saturated heterocycles. The maximum atomic E-state index is 6.92. The van der Waals surface area contributed by atoms with E-state index in [1.165, 1.54) is 66.8 Å². The number of hydrogen-bond acceptors (Lipinski definition) is 3. The van der Waals surface area contributed by atoms with Crippen molar-refractivity contribution in [1.82, 2.24) is 0 Å². The number of benzene rings is 12. The van der Waals surface area contributed by atoms with E-state index in [4.69, 9.17) is 20.4 Å². The van der Waals surface area contributed by atoms with E-state index in [9.17, 15) is 0 Å². The predicted molar refractivity (Wildman–Crippen MR) is 322 cm³/mol. The lowest BCUT2D eigenvalue weighted by atomic mass is 9.66. The van der Waals surface area contributed by atoms with Gasteiger partial charge in [-0.25, -0.2) is 0 Å². The van der Waals surface area contributed by atoms with Crippen LogP contribution in [0.4, 0.5) is 17.1 Å². The Kier molecular flexibility index (Phi) is 10.7. The van der Waals surface area contributed by atoms with Gasteiger partial charge < -0.3 is 13.7 Å². The Bertz CT molecular complexity index is 4450. The zero-order valence-corrected chi connectivity index (χ0v) is 43.1. The topological polar surface area (TPSA) is 29.5 Å². The number of halogens is 1. The molecule has 3 nitrogen and oxygen atoms in total. The third-order valence-corrected chi connectivity index (χ3v) is 16.7. The highest BCUT2D eigenvalue weighted by molar-refractivity contribution is 6.36. The average Bonchev–Trinajstić information content (AvgIpc) is 3.75. The molecular formula is C74H48ClNO2. The molecule has 16 rings (SSSR count). The van der Waals surface area contributed by atoms with Crippen LogP contribution in [0, 0.1) is 0 Å². The molecule has 0 N–H and O–H groups in total. The summed E-state index contributed by atoms with van der Waals surface area (Å²) in [5, 5.41) is 5.05. The highest BCUT2D eigenvalue weighted by atomic mass is 35.5. The van der Waals surface area contributed by atoms with Crippen LogP contribution in [-0.4, -0.2) is 0 Å². The van der Waals surface area contributed by atoms with Gasteiger partial charge in [-0.05, 0) is 115 Å². The number of nitrogens with zero attached hydrogens (tertiary/aromatic N) is 1. The van der Waals surface area contributed by atoms with Crippen molar-refractivity contribution in [1.29, 1.82) is 0 Å². The molecule has 0 radical (unpaired) electrons. The number of furan rings is 2. The minimum absolute atomic E-state index is 0.465. The summed E-state index contributed by atoms with van der Waals surface area (Å²) in [6, 6.07) is 104. The molecule has 0 saturated carbocycles. The Balaban J connectivity index is 0.000000142. The van der Waals surface area contributed by atoms with Crippen LogP contribution in [0.3, 0.4) is 0 Å². The molecule has 78 heavy (non-hydrogen) atoms. The van der Waals surface area contributed by atoms with Gasteiger partial charge in [-0.2, -0.15) is 0 Å². The molecule has 2 heterocycles. The van der Waals surface area contributed by atoms with Gasteiger partial charge in [0.15, 0.2) is 11.2 Å². The lowest BCUT2D eigenvalue weighted by Gasteiger charge is -2.34. The van der Waals surface area contributed by atoms with Crippen LogP contribution in [0.15, 0.2) is 300 Å². The van der Waals surface area contributed by atoms with Gasteiger partial charge in [-0.1, -0.05) is 254 Å². The second kappa shape index (κ2) is 18.3. The fourth-order valence-electron chi connectivity index (χ4n) is 13.4. The van der Waals surface area contributed by atoms with E-state index in [0.29, 0.717) is 5.02 Å². The highest BCUT2D eigenvalue weighted by Gasteiger charge is 2.49. The maximum absolute atomic E-state index is 6.92. The molecule has 0 unspecified atom stereocenters. The summed E-state index contributed by atoms with van der Waals surface area (Å²) in [6.07, 6.45) is 0. The van der Waals surface area contributed by atoms with Gasteiger partial charge in [0.1, 0.15) is 11.2 Å². The van der Waals surface area contributed by atoms with E-state index >= 15 is 0 Å². The van der Waals surface area contributed by atoms with E-state index in [1.807, 2.05) is 18.2 Å². The molecule has 0 aliphatic heterocycles. The molecule has 14 aromatic rings. The normalized spacial score (nSPS) is 13.4. The van der Waals surface area contributed by atoms with E-state index in [1.54, 1.807) is 0 Å². The molecule has 2 aliphatic rings. The van der Waals surface area contributed by atoms with Crippen molar-refractivity contribution in [3.63, 3.8) is 0 Å². The fraction of sp³-hybridized carbons (Fsp3) is 0.0270. The average molecular weight is 1020 g/mol. The van der Waals surface area contributed by atoms with Crippen LogP contribution in [-0.2, 0) is 10.8 Å². The molecule has 2 aromatic heterocycles. The summed E-state index contributed by atoms with van der Waals surface area (Å²) in [6.45, 7) is 0. The van der Waals surface area contributed by atoms with Crippen molar-refractivity contribution in [2.75, 3.05) is 4.90 Å². The van der Waals surface area contributed by atoms with Gasteiger partial charge in [0.05, 0.1) is 21.5 Å². The summed E-state index contributed by atoms with van der Waals surface area (Å²) >= 11 is 6.56. The Labute approximate surface area is 457 Å². The van der Waals surface area contributed by atoms with Crippen molar-refractivity contribution in [3.8, 4) is 22.3 Å². The first-order valence-corrected chi connectivity index (χ1v) is 27.0. The smallest absolute Gasteiger partial charge is 0.159 e. The molecule has 0 fully saturated rings. The van der Waals surface area contributed by atoms with Crippen molar-refractivity contribution >= 4 is 72.5 Å². The minimum atomic E-state index is -0.515. The van der Waals surface area contributed by atoms with E-state index in [-0.39, 0.29) is 0 Å². The molecule has 4 heteroatoms. The molecule has 12 aromatic carbocycles. The van der Waals surface area contributed by atoms with Gasteiger partial charge in [0, 0.05) is 32.9 Å². The van der Waals surface area contributed by atoms with E-state index in [0.717, 1.165) is 60.9 Å². The standard InChI is InChI=1S/C43H29NO.C31H19ClO/c1-4-16-30(17-5-1)43(36-25-12-10-22-33(36)34-23-11-13-26-37(34)43)38-27-15-29-40-41(38)35-24-14-28-39(42(35)45-40)44(31-18-6-2-7-19-31)32-20-8-3-9-21-32;32-27-18-8-14-23-29-26(17-9-19-28(29)33-30(23)27)31(20-10-2-1-3-11-20)24-15-6-4-12-21(24)22-13-5-7-16-25(22)31/h1-29H;1-19H. The fourth-order valence-corrected chi connectivity index (χ4v) is 13.6. The molecule has 0 spiro atoms. The second-order valence-corrected chi connectivity index (χ2v) is 20.7. The maximum Gasteiger partial charge on any atom is 0.159 e. The van der Waals surface area contributed by atoms with Crippen LogP contribution < -0.4 is 4.90 Å². The number of rotatable bonds is 7. The third kappa shape index (κ3) is 6.65. The van der Waals surface area contributed by atoms with Crippen LogP contribution in [0.1, 0.15) is 44.5 Å². The molecule has 0 amide bonds. The van der Waals surface area contributed by atoms with Gasteiger partial charge in [-0.15, -0.1) is 0 Å². The van der Waals surface area contributed by atoms with Crippen molar-refractivity contribution < 1.29 is 8.83 Å². The molecule has 2 aliphatic carbocycles. The summed E-state index contributed by atoms with van der Waals surface area (Å²) in [7, 11) is 0. The van der Waals surface area contributed by atoms with Gasteiger partial charge in [0.2, 0.25) is 0 Å². The summed E-state index contributed by atoms with van der Waals surface area (Å²) < 4.78 is 13.2. The molecule has 368 valence electrons. The van der Waals surface area contributed by atoms with Crippen LogP contribution in [0.25, 0.3) is 66.1 Å². The molecule has 0 atom stereocenters. The van der Waals surface area contributed by atoms with E-state index < -0.39 is 10.8 Å². The Morgan fingerprint density at radius 1 is 0.282 bits per heavy atom. The Morgan fingerprint density at radius 3 is 1.05 bits per heavy atom. The van der Waals surface area contributed by atoms with Gasteiger partial charge >= 0.3 is 0 Å². The lowest BCUT2D eigenvalue weighted by Crippen LogP contribution is -2.28. The van der Waals surface area contributed by atoms with Crippen LogP contribution in [0.5, 0.6) is 0 Å². The van der Waals surface area contributed by atoms with Gasteiger partial charge in [0.25, 0.3) is 0 Å². The second-order valence-electron chi connectivity index (χ2n) is 20.3.